The monoisotopic (exact) mass is 443 g/mol. The number of hydrogen-bond acceptors (Lipinski definition) is 5. The summed E-state index contributed by atoms with van der Waals surface area (Å²) in [7, 11) is 0. The third kappa shape index (κ3) is 4.04. The van der Waals surface area contributed by atoms with E-state index in [1.807, 2.05) is 41.8 Å². The quantitative estimate of drug-likeness (QED) is 0.419. The van der Waals surface area contributed by atoms with Gasteiger partial charge in [-0.25, -0.2) is 9.67 Å². The van der Waals surface area contributed by atoms with Crippen LogP contribution in [0.4, 0.5) is 0 Å². The Morgan fingerprint density at radius 3 is 2.78 bits per heavy atom. The first-order valence-electron chi connectivity index (χ1n) is 10.4. The molecule has 0 spiro atoms. The van der Waals surface area contributed by atoms with Gasteiger partial charge < -0.3 is 5.32 Å². The summed E-state index contributed by atoms with van der Waals surface area (Å²) in [5.41, 5.74) is 1.46. The number of hydrogen-bond donors (Lipinski definition) is 1. The molecule has 160 valence electrons. The van der Waals surface area contributed by atoms with Crippen molar-refractivity contribution in [1.82, 2.24) is 24.6 Å². The fourth-order valence-electron chi connectivity index (χ4n) is 3.82. The van der Waals surface area contributed by atoms with E-state index < -0.39 is 0 Å². The first kappa shape index (κ1) is 20.1. The molecule has 0 saturated carbocycles. The fraction of sp³-hybridized carbons (Fsp3) is 0.167. The maximum absolute atomic E-state index is 13.0. The lowest BCUT2D eigenvalue weighted by atomic mass is 10.0. The van der Waals surface area contributed by atoms with E-state index in [1.54, 1.807) is 33.1 Å². The molecule has 0 unspecified atom stereocenters. The van der Waals surface area contributed by atoms with E-state index in [0.717, 1.165) is 21.2 Å². The molecule has 2 aromatic carbocycles. The van der Waals surface area contributed by atoms with Crippen molar-refractivity contribution in [1.29, 1.82) is 0 Å². The normalized spacial score (nSPS) is 11.2. The van der Waals surface area contributed by atoms with E-state index in [0.29, 0.717) is 37.1 Å². The Kier molecular flexibility index (Phi) is 5.51. The number of rotatable bonds is 7. The molecule has 32 heavy (non-hydrogen) atoms. The largest absolute Gasteiger partial charge is 0.354 e. The second kappa shape index (κ2) is 8.76. The molecule has 0 atom stereocenters. The van der Waals surface area contributed by atoms with Crippen LogP contribution in [0.15, 0.2) is 77.3 Å². The highest BCUT2D eigenvalue weighted by Crippen LogP contribution is 2.19. The minimum absolute atomic E-state index is 0.0330. The Labute approximate surface area is 188 Å². The Bertz CT molecular complexity index is 1450. The zero-order valence-electron chi connectivity index (χ0n) is 17.3. The molecule has 0 aliphatic carbocycles. The van der Waals surface area contributed by atoms with Gasteiger partial charge in [-0.3, -0.25) is 14.2 Å². The van der Waals surface area contributed by atoms with Crippen LogP contribution in [-0.2, 0) is 24.3 Å². The molecule has 0 fully saturated rings. The summed E-state index contributed by atoms with van der Waals surface area (Å²) in [5, 5.41) is 11.9. The van der Waals surface area contributed by atoms with Crippen molar-refractivity contribution in [2.45, 2.75) is 19.5 Å². The highest BCUT2D eigenvalue weighted by atomic mass is 32.1. The molecule has 0 bridgehead atoms. The van der Waals surface area contributed by atoms with Crippen molar-refractivity contribution in [2.24, 2.45) is 0 Å². The van der Waals surface area contributed by atoms with Crippen LogP contribution in [0.5, 0.6) is 0 Å². The lowest BCUT2D eigenvalue weighted by molar-refractivity contribution is -0.120. The third-order valence-corrected chi connectivity index (χ3v) is 6.28. The van der Waals surface area contributed by atoms with Crippen molar-refractivity contribution < 1.29 is 4.79 Å². The Morgan fingerprint density at radius 2 is 1.91 bits per heavy atom. The summed E-state index contributed by atoms with van der Waals surface area (Å²) in [6.07, 6.45) is 3.49. The standard InChI is InChI=1S/C24H21N5O2S/c30-22(13-19-8-4-12-32-19)25-10-11-29-23-21(14-27-29)24(31)28(16-26-23)15-18-7-3-6-17-5-1-2-9-20(17)18/h1-9,12,14,16H,10-11,13,15H2,(H,25,30). The zero-order chi connectivity index (χ0) is 21.9. The summed E-state index contributed by atoms with van der Waals surface area (Å²) < 4.78 is 3.27. The Morgan fingerprint density at radius 1 is 1.03 bits per heavy atom. The second-order valence-corrected chi connectivity index (χ2v) is 8.56. The number of fused-ring (bicyclic) bond motifs is 2. The zero-order valence-corrected chi connectivity index (χ0v) is 18.1. The lowest BCUT2D eigenvalue weighted by Crippen LogP contribution is -2.28. The minimum Gasteiger partial charge on any atom is -0.354 e. The molecule has 8 heteroatoms. The molecule has 5 rings (SSSR count). The van der Waals surface area contributed by atoms with Gasteiger partial charge in [-0.15, -0.1) is 11.3 Å². The van der Waals surface area contributed by atoms with Gasteiger partial charge in [-0.05, 0) is 27.8 Å². The predicted molar refractivity (Wildman–Crippen MR) is 126 cm³/mol. The third-order valence-electron chi connectivity index (χ3n) is 5.40. The SMILES string of the molecule is O=C(Cc1cccs1)NCCn1ncc2c(=O)n(Cc3cccc4ccccc34)cnc21. The molecule has 7 nitrogen and oxygen atoms in total. The molecule has 5 aromatic rings. The molecule has 0 aliphatic rings. The first-order chi connectivity index (χ1) is 15.7. The molecule has 3 aromatic heterocycles. The summed E-state index contributed by atoms with van der Waals surface area (Å²) in [4.78, 5) is 30.6. The topological polar surface area (TPSA) is 81.8 Å². The van der Waals surface area contributed by atoms with E-state index in [2.05, 4.69) is 33.6 Å². The van der Waals surface area contributed by atoms with E-state index in [-0.39, 0.29) is 11.5 Å². The number of carbonyl (C=O) groups excluding carboxylic acids is 1. The van der Waals surface area contributed by atoms with Crippen LogP contribution < -0.4 is 10.9 Å². The van der Waals surface area contributed by atoms with E-state index >= 15 is 0 Å². The minimum atomic E-state index is -0.129. The van der Waals surface area contributed by atoms with Gasteiger partial charge in [-0.2, -0.15) is 5.10 Å². The predicted octanol–water partition coefficient (Wildman–Crippen LogP) is 3.21. The average molecular weight is 444 g/mol. The number of nitrogens with zero attached hydrogens (tertiary/aromatic N) is 4. The van der Waals surface area contributed by atoms with Gasteiger partial charge in [0.15, 0.2) is 5.65 Å². The number of benzene rings is 2. The molecule has 0 aliphatic heterocycles. The van der Waals surface area contributed by atoms with Crippen molar-refractivity contribution >= 4 is 39.0 Å². The second-order valence-electron chi connectivity index (χ2n) is 7.53. The van der Waals surface area contributed by atoms with Crippen molar-refractivity contribution in [3.63, 3.8) is 0 Å². The summed E-state index contributed by atoms with van der Waals surface area (Å²) in [6, 6.07) is 18.1. The summed E-state index contributed by atoms with van der Waals surface area (Å²) >= 11 is 1.56. The highest BCUT2D eigenvalue weighted by Gasteiger charge is 2.12. The average Bonchev–Trinajstić information content (AvgIpc) is 3.46. The van der Waals surface area contributed by atoms with E-state index in [9.17, 15) is 9.59 Å². The van der Waals surface area contributed by atoms with Gasteiger partial charge in [0, 0.05) is 11.4 Å². The number of carbonyl (C=O) groups is 1. The number of thiophene rings is 1. The smallest absolute Gasteiger partial charge is 0.264 e. The van der Waals surface area contributed by atoms with Crippen LogP contribution in [0.25, 0.3) is 21.8 Å². The van der Waals surface area contributed by atoms with Crippen molar-refractivity contribution in [2.75, 3.05) is 6.54 Å². The van der Waals surface area contributed by atoms with Crippen LogP contribution in [0.2, 0.25) is 0 Å². The number of aromatic nitrogens is 4. The molecule has 1 N–H and O–H groups in total. The molecular formula is C24H21N5O2S. The van der Waals surface area contributed by atoms with Crippen molar-refractivity contribution in [3.05, 3.63) is 93.3 Å². The fourth-order valence-corrected chi connectivity index (χ4v) is 4.53. The summed E-state index contributed by atoms with van der Waals surface area (Å²) in [5.74, 6) is -0.0330. The van der Waals surface area contributed by atoms with Crippen LogP contribution in [0, 0.1) is 0 Å². The molecule has 1 amide bonds. The molecule has 3 heterocycles. The Balaban J connectivity index is 1.31. The van der Waals surface area contributed by atoms with Crippen molar-refractivity contribution in [3.8, 4) is 0 Å². The van der Waals surface area contributed by atoms with Gasteiger partial charge in [0.05, 0.1) is 25.7 Å². The number of amides is 1. The molecule has 0 saturated heterocycles. The van der Waals surface area contributed by atoms with Gasteiger partial charge in [0.2, 0.25) is 5.91 Å². The van der Waals surface area contributed by atoms with Crippen LogP contribution >= 0.6 is 11.3 Å². The Hall–Kier alpha value is -3.78. The van der Waals surface area contributed by atoms with Gasteiger partial charge in [-0.1, -0.05) is 48.5 Å². The van der Waals surface area contributed by atoms with Crippen LogP contribution in [0.1, 0.15) is 10.4 Å². The maximum Gasteiger partial charge on any atom is 0.264 e. The van der Waals surface area contributed by atoms with Crippen LogP contribution in [0.3, 0.4) is 0 Å². The van der Waals surface area contributed by atoms with E-state index in [1.165, 1.54) is 0 Å². The molecule has 0 radical (unpaired) electrons. The maximum atomic E-state index is 13.0. The summed E-state index contributed by atoms with van der Waals surface area (Å²) in [6.45, 7) is 1.30. The van der Waals surface area contributed by atoms with Gasteiger partial charge in [0.25, 0.3) is 5.56 Å². The van der Waals surface area contributed by atoms with Gasteiger partial charge >= 0.3 is 0 Å². The lowest BCUT2D eigenvalue weighted by Gasteiger charge is -2.09. The number of nitrogens with one attached hydrogen (secondary N) is 1. The highest BCUT2D eigenvalue weighted by molar-refractivity contribution is 7.10. The van der Waals surface area contributed by atoms with Gasteiger partial charge in [0.1, 0.15) is 11.7 Å². The van der Waals surface area contributed by atoms with Crippen LogP contribution in [-0.4, -0.2) is 31.8 Å². The molecular weight excluding hydrogens is 422 g/mol. The van der Waals surface area contributed by atoms with E-state index in [4.69, 9.17) is 0 Å². The first-order valence-corrected chi connectivity index (χ1v) is 11.2.